The van der Waals surface area contributed by atoms with Gasteiger partial charge in [-0.05, 0) is 32.7 Å². The third-order valence-corrected chi connectivity index (χ3v) is 2.43. The molecule has 0 spiro atoms. The number of methoxy groups -OCH3 is 1. The summed E-state index contributed by atoms with van der Waals surface area (Å²) in [6.45, 7) is 9.12. The minimum atomic E-state index is -0.715. The van der Waals surface area contributed by atoms with Gasteiger partial charge in [0.05, 0.1) is 7.11 Å². The molecule has 0 rings (SSSR count). The molecule has 0 aromatic carbocycles. The summed E-state index contributed by atoms with van der Waals surface area (Å²) >= 11 is 1.16. The average Bonchev–Trinajstić information content (AvgIpc) is 2.23. The number of nitrogens with zero attached hydrogens (tertiary/aromatic N) is 1. The van der Waals surface area contributed by atoms with Crippen LogP contribution in [0.3, 0.4) is 0 Å². The van der Waals surface area contributed by atoms with Crippen molar-refractivity contribution in [3.05, 3.63) is 0 Å². The van der Waals surface area contributed by atoms with Gasteiger partial charge >= 0.3 is 18.1 Å². The summed E-state index contributed by atoms with van der Waals surface area (Å²) in [5.41, 5.74) is -0.519. The highest BCUT2D eigenvalue weighted by molar-refractivity contribution is 7.98. The topological polar surface area (TPSA) is 94.5 Å². The summed E-state index contributed by atoms with van der Waals surface area (Å²) in [7, 11) is 1.22. The van der Waals surface area contributed by atoms with E-state index in [1.54, 1.807) is 20.8 Å². The molecular weight excluding hydrogens is 268 g/mol. The van der Waals surface area contributed by atoms with E-state index in [4.69, 9.17) is 5.41 Å². The van der Waals surface area contributed by atoms with Crippen LogP contribution in [-0.4, -0.2) is 40.9 Å². The lowest BCUT2D eigenvalue weighted by Gasteiger charge is -2.26. The molecule has 110 valence electrons. The molecule has 7 nitrogen and oxygen atoms in total. The van der Waals surface area contributed by atoms with Crippen molar-refractivity contribution in [3.8, 4) is 0 Å². The van der Waals surface area contributed by atoms with Gasteiger partial charge in [-0.3, -0.25) is 10.1 Å². The van der Waals surface area contributed by atoms with Gasteiger partial charge in [0.25, 0.3) is 0 Å². The standard InChI is InChI=1S/C11H22N4O3S/c1-7(2)19-14-10(17)15(8(12)18-6)9(16)13-11(3,4)5/h7,12H,1-6H3,(H,13,16)(H,14,17). The molecule has 0 unspecified atom stereocenters. The molecule has 0 heterocycles. The van der Waals surface area contributed by atoms with Crippen molar-refractivity contribution in [3.63, 3.8) is 0 Å². The normalized spacial score (nSPS) is 10.9. The van der Waals surface area contributed by atoms with Crippen LogP contribution < -0.4 is 10.0 Å². The Kier molecular flexibility index (Phi) is 6.68. The Morgan fingerprint density at radius 3 is 2.16 bits per heavy atom. The summed E-state index contributed by atoms with van der Waals surface area (Å²) < 4.78 is 7.14. The highest BCUT2D eigenvalue weighted by atomic mass is 32.2. The van der Waals surface area contributed by atoms with E-state index in [0.717, 1.165) is 11.9 Å². The molecule has 0 bridgehead atoms. The quantitative estimate of drug-likeness (QED) is 0.412. The van der Waals surface area contributed by atoms with Crippen LogP contribution in [0.5, 0.6) is 0 Å². The molecule has 8 heteroatoms. The number of amidine groups is 1. The van der Waals surface area contributed by atoms with E-state index >= 15 is 0 Å². The maximum absolute atomic E-state index is 12.0. The van der Waals surface area contributed by atoms with E-state index in [0.29, 0.717) is 4.90 Å². The molecular formula is C11H22N4O3S. The van der Waals surface area contributed by atoms with Crippen LogP contribution in [0.4, 0.5) is 9.59 Å². The van der Waals surface area contributed by atoms with E-state index in [2.05, 4.69) is 14.8 Å². The fraction of sp³-hybridized carbons (Fsp3) is 0.727. The summed E-state index contributed by atoms with van der Waals surface area (Å²) in [5, 5.41) is 10.3. The Balaban J connectivity index is 4.86. The van der Waals surface area contributed by atoms with Gasteiger partial charge in [-0.15, -0.1) is 0 Å². The second kappa shape index (κ2) is 7.22. The van der Waals surface area contributed by atoms with E-state index in [1.165, 1.54) is 7.11 Å². The highest BCUT2D eigenvalue weighted by Crippen LogP contribution is 2.07. The Hall–Kier alpha value is -1.44. The van der Waals surface area contributed by atoms with Gasteiger partial charge < -0.3 is 10.1 Å². The van der Waals surface area contributed by atoms with Crippen molar-refractivity contribution in [1.29, 1.82) is 5.41 Å². The summed E-state index contributed by atoms with van der Waals surface area (Å²) in [6.07, 6.45) is 0. The maximum Gasteiger partial charge on any atom is 0.343 e. The first-order valence-electron chi connectivity index (χ1n) is 5.79. The SMILES string of the molecule is COC(=N)N(C(=O)NSC(C)C)C(=O)NC(C)(C)C. The molecule has 3 N–H and O–H groups in total. The Morgan fingerprint density at radius 1 is 1.26 bits per heavy atom. The third-order valence-electron chi connectivity index (χ3n) is 1.67. The first kappa shape index (κ1) is 17.6. The lowest BCUT2D eigenvalue weighted by molar-refractivity contribution is 0.192. The highest BCUT2D eigenvalue weighted by Gasteiger charge is 2.29. The van der Waals surface area contributed by atoms with Crippen molar-refractivity contribution in [2.75, 3.05) is 7.11 Å². The number of rotatable bonds is 2. The smallest absolute Gasteiger partial charge is 0.343 e. The van der Waals surface area contributed by atoms with Crippen molar-refractivity contribution in [2.45, 2.75) is 45.4 Å². The van der Waals surface area contributed by atoms with Gasteiger partial charge in [0, 0.05) is 10.8 Å². The van der Waals surface area contributed by atoms with E-state index in [-0.39, 0.29) is 5.25 Å². The Morgan fingerprint density at radius 2 is 1.79 bits per heavy atom. The summed E-state index contributed by atoms with van der Waals surface area (Å²) in [5.74, 6) is 0. The van der Waals surface area contributed by atoms with E-state index in [1.807, 2.05) is 13.8 Å². The average molecular weight is 290 g/mol. The largest absolute Gasteiger partial charge is 0.468 e. The number of ether oxygens (including phenoxy) is 1. The zero-order valence-electron chi connectivity index (χ0n) is 12.2. The maximum atomic E-state index is 12.0. The van der Waals surface area contributed by atoms with Crippen molar-refractivity contribution in [1.82, 2.24) is 14.9 Å². The molecule has 0 fully saturated rings. The molecule has 0 aromatic rings. The Labute approximate surface area is 118 Å². The lowest BCUT2D eigenvalue weighted by atomic mass is 10.1. The van der Waals surface area contributed by atoms with Crippen LogP contribution in [-0.2, 0) is 4.74 Å². The predicted octanol–water partition coefficient (Wildman–Crippen LogP) is 2.14. The predicted molar refractivity (Wildman–Crippen MR) is 76.1 cm³/mol. The lowest BCUT2D eigenvalue weighted by Crippen LogP contribution is -2.54. The van der Waals surface area contributed by atoms with Crippen LogP contribution in [0.2, 0.25) is 0 Å². The fourth-order valence-corrected chi connectivity index (χ4v) is 1.39. The molecule has 0 aromatic heterocycles. The molecule has 0 aliphatic heterocycles. The number of imide groups is 1. The zero-order valence-corrected chi connectivity index (χ0v) is 13.0. The van der Waals surface area contributed by atoms with Crippen molar-refractivity contribution in [2.24, 2.45) is 0 Å². The Bertz CT molecular complexity index is 352. The van der Waals surface area contributed by atoms with Crippen LogP contribution in [0.25, 0.3) is 0 Å². The molecule has 0 radical (unpaired) electrons. The zero-order chi connectivity index (χ0) is 15.2. The van der Waals surface area contributed by atoms with Gasteiger partial charge in [-0.2, -0.15) is 4.90 Å². The summed E-state index contributed by atoms with van der Waals surface area (Å²) in [4.78, 5) is 24.5. The minimum absolute atomic E-state index is 0.160. The van der Waals surface area contributed by atoms with E-state index in [9.17, 15) is 9.59 Å². The fourth-order valence-electron chi connectivity index (χ4n) is 0.959. The third kappa shape index (κ3) is 6.90. The van der Waals surface area contributed by atoms with Gasteiger partial charge in [-0.1, -0.05) is 13.8 Å². The van der Waals surface area contributed by atoms with Crippen LogP contribution >= 0.6 is 11.9 Å². The van der Waals surface area contributed by atoms with E-state index < -0.39 is 23.6 Å². The number of hydrogen-bond donors (Lipinski definition) is 3. The molecule has 0 saturated carbocycles. The second-order valence-corrected chi connectivity index (χ2v) is 6.48. The van der Waals surface area contributed by atoms with Gasteiger partial charge in [0.1, 0.15) is 0 Å². The number of hydrogen-bond acceptors (Lipinski definition) is 5. The number of carbonyl (C=O) groups is 2. The summed E-state index contributed by atoms with van der Waals surface area (Å²) in [6, 6.07) is -1.96. The second-order valence-electron chi connectivity index (χ2n) is 5.10. The number of amides is 4. The first-order valence-corrected chi connectivity index (χ1v) is 6.67. The molecule has 0 aliphatic carbocycles. The van der Waals surface area contributed by atoms with Crippen LogP contribution in [0.15, 0.2) is 0 Å². The van der Waals surface area contributed by atoms with Crippen molar-refractivity contribution < 1.29 is 14.3 Å². The van der Waals surface area contributed by atoms with Crippen molar-refractivity contribution >= 4 is 30.0 Å². The number of carbonyl (C=O) groups excluding carboxylic acids is 2. The minimum Gasteiger partial charge on any atom is -0.468 e. The van der Waals surface area contributed by atoms with Gasteiger partial charge in [0.15, 0.2) is 0 Å². The molecule has 0 atom stereocenters. The van der Waals surface area contributed by atoms with Crippen LogP contribution in [0.1, 0.15) is 34.6 Å². The monoisotopic (exact) mass is 290 g/mol. The molecule has 0 aliphatic rings. The molecule has 19 heavy (non-hydrogen) atoms. The number of nitrogens with one attached hydrogen (secondary N) is 3. The molecule has 0 saturated heterocycles. The number of urea groups is 2. The van der Waals surface area contributed by atoms with Crippen LogP contribution in [0, 0.1) is 5.41 Å². The molecule has 4 amide bonds. The van der Waals surface area contributed by atoms with Gasteiger partial charge in [0.2, 0.25) is 0 Å². The first-order chi connectivity index (χ1) is 8.58. The van der Waals surface area contributed by atoms with Gasteiger partial charge in [-0.25, -0.2) is 9.59 Å².